The Morgan fingerprint density at radius 2 is 1.33 bits per heavy atom. The summed E-state index contributed by atoms with van der Waals surface area (Å²) in [7, 11) is 0. The van der Waals surface area contributed by atoms with Crippen molar-refractivity contribution in [2.24, 2.45) is 23.7 Å². The van der Waals surface area contributed by atoms with Crippen molar-refractivity contribution in [1.29, 1.82) is 0 Å². The molecule has 4 aliphatic carbocycles. The predicted molar refractivity (Wildman–Crippen MR) is 52.7 cm³/mol. The molecule has 0 unspecified atom stereocenters. The number of hydrogen-bond donors (Lipinski definition) is 0. The number of hydrogen-bond acceptors (Lipinski definition) is 1. The van der Waals surface area contributed by atoms with Gasteiger partial charge in [-0.15, -0.1) is 0 Å². The summed E-state index contributed by atoms with van der Waals surface area (Å²) in [5.41, 5.74) is 0. The van der Waals surface area contributed by atoms with Gasteiger partial charge in [0.25, 0.3) is 0 Å². The van der Waals surface area contributed by atoms with Gasteiger partial charge in [0.1, 0.15) is 0 Å². The third-order valence-electron chi connectivity index (χ3n) is 4.30. The van der Waals surface area contributed by atoms with Crippen LogP contribution in [0.2, 0.25) is 0 Å². The second-order valence-corrected chi connectivity index (χ2v) is 5.85. The number of rotatable bonds is 1. The van der Waals surface area contributed by atoms with Crippen LogP contribution in [-0.4, -0.2) is 5.25 Å². The van der Waals surface area contributed by atoms with Gasteiger partial charge >= 0.3 is 0 Å². The average Bonchev–Trinajstić information content (AvgIpc) is 2.02. The molecule has 0 aromatic rings. The molecule has 0 spiro atoms. The molecule has 4 rings (SSSR count). The maximum absolute atomic E-state index is 5.77. The van der Waals surface area contributed by atoms with Crippen molar-refractivity contribution >= 4 is 11.8 Å². The molecule has 0 atom stereocenters. The fraction of sp³-hybridized carbons (Fsp3) is 0.909. The first-order valence-electron chi connectivity index (χ1n) is 5.22. The highest BCUT2D eigenvalue weighted by Crippen LogP contribution is 2.56. The smallest absolute Gasteiger partial charge is 0.0217 e. The molecule has 0 amide bonds. The molecule has 1 radical (unpaired) electrons. The Morgan fingerprint density at radius 1 is 0.833 bits per heavy atom. The Morgan fingerprint density at radius 3 is 1.75 bits per heavy atom. The van der Waals surface area contributed by atoms with Crippen LogP contribution >= 0.6 is 11.8 Å². The fourth-order valence-electron chi connectivity index (χ4n) is 4.10. The van der Waals surface area contributed by atoms with Crippen molar-refractivity contribution in [2.75, 3.05) is 0 Å². The van der Waals surface area contributed by atoms with Crippen molar-refractivity contribution in [1.82, 2.24) is 0 Å². The van der Waals surface area contributed by atoms with E-state index in [-0.39, 0.29) is 0 Å². The Balaban J connectivity index is 1.86. The van der Waals surface area contributed by atoms with E-state index in [1.54, 1.807) is 18.2 Å². The van der Waals surface area contributed by atoms with Crippen molar-refractivity contribution in [2.45, 2.75) is 37.4 Å². The summed E-state index contributed by atoms with van der Waals surface area (Å²) in [5.74, 6) is 4.18. The lowest BCUT2D eigenvalue weighted by Gasteiger charge is -2.55. The van der Waals surface area contributed by atoms with Gasteiger partial charge in [0, 0.05) is 0 Å². The normalized spacial score (nSPS) is 56.2. The van der Waals surface area contributed by atoms with Crippen LogP contribution in [0.25, 0.3) is 0 Å². The lowest BCUT2D eigenvalue weighted by atomic mass is 9.56. The van der Waals surface area contributed by atoms with E-state index in [1.165, 1.54) is 25.7 Å². The second-order valence-electron chi connectivity index (χ2n) is 5.03. The molecule has 0 saturated heterocycles. The lowest BCUT2D eigenvalue weighted by molar-refractivity contribution is 0.0269. The van der Waals surface area contributed by atoms with E-state index in [0.717, 1.165) is 28.9 Å². The van der Waals surface area contributed by atoms with Gasteiger partial charge in [0.15, 0.2) is 0 Å². The van der Waals surface area contributed by atoms with Gasteiger partial charge < -0.3 is 18.0 Å². The van der Waals surface area contributed by atoms with Crippen LogP contribution in [0, 0.1) is 29.9 Å². The van der Waals surface area contributed by atoms with Gasteiger partial charge in [0.05, 0.1) is 0 Å². The Labute approximate surface area is 79.5 Å². The van der Waals surface area contributed by atoms with Gasteiger partial charge in [-0.25, -0.2) is 0 Å². The van der Waals surface area contributed by atoms with E-state index >= 15 is 0 Å². The Kier molecular flexibility index (Phi) is 1.72. The predicted octanol–water partition coefficient (Wildman–Crippen LogP) is 3.21. The van der Waals surface area contributed by atoms with Gasteiger partial charge in [-0.1, -0.05) is 0 Å². The minimum Gasteiger partial charge on any atom is -0.428 e. The molecular formula is C11H16S-. The second kappa shape index (κ2) is 2.67. The van der Waals surface area contributed by atoms with Crippen molar-refractivity contribution in [3.05, 3.63) is 6.26 Å². The first-order valence-corrected chi connectivity index (χ1v) is 6.16. The monoisotopic (exact) mass is 180 g/mol. The standard InChI is InChI=1S/C11H16S/c1-12-11-9-3-7-2-8(5-9)6-10(11)4-7/h1,7-11H,2-6H2/q-1. The molecule has 1 heteroatoms. The van der Waals surface area contributed by atoms with E-state index in [9.17, 15) is 0 Å². The van der Waals surface area contributed by atoms with Crippen molar-refractivity contribution in [3.63, 3.8) is 0 Å². The number of thioether (sulfide) groups is 1. The molecule has 4 bridgehead atoms. The van der Waals surface area contributed by atoms with Gasteiger partial charge in [-0.2, -0.15) is 0 Å². The molecule has 4 saturated carbocycles. The molecule has 0 aromatic carbocycles. The zero-order valence-corrected chi connectivity index (χ0v) is 8.22. The Bertz CT molecular complexity index is 159. The van der Waals surface area contributed by atoms with Gasteiger partial charge in [-0.05, 0) is 61.0 Å². The van der Waals surface area contributed by atoms with Crippen LogP contribution < -0.4 is 0 Å². The molecule has 0 aromatic heterocycles. The van der Waals surface area contributed by atoms with Crippen LogP contribution in [0.15, 0.2) is 0 Å². The minimum absolute atomic E-state index is 0.831. The van der Waals surface area contributed by atoms with E-state index in [0.29, 0.717) is 0 Å². The van der Waals surface area contributed by atoms with Crippen LogP contribution in [0.1, 0.15) is 32.1 Å². The quantitative estimate of drug-likeness (QED) is 0.558. The van der Waals surface area contributed by atoms with E-state index in [4.69, 9.17) is 6.26 Å². The first kappa shape index (κ1) is 7.73. The summed E-state index contributed by atoms with van der Waals surface area (Å²) < 4.78 is 0. The summed E-state index contributed by atoms with van der Waals surface area (Å²) in [6, 6.07) is 0. The molecule has 67 valence electrons. The third kappa shape index (κ3) is 0.982. The van der Waals surface area contributed by atoms with Crippen LogP contribution in [-0.2, 0) is 0 Å². The van der Waals surface area contributed by atoms with Crippen molar-refractivity contribution < 1.29 is 0 Å². The SMILES string of the molecule is [CH-]SC1C2CC3CC(C2)CC1C3. The van der Waals surface area contributed by atoms with Gasteiger partial charge in [0.2, 0.25) is 0 Å². The largest absolute Gasteiger partial charge is 0.428 e. The Hall–Kier alpha value is 0.350. The molecule has 0 heterocycles. The highest BCUT2D eigenvalue weighted by molar-refractivity contribution is 8.01. The van der Waals surface area contributed by atoms with E-state index in [1.807, 2.05) is 0 Å². The molecule has 0 nitrogen and oxygen atoms in total. The molecular weight excluding hydrogens is 164 g/mol. The summed E-state index contributed by atoms with van der Waals surface area (Å²) in [6.07, 6.45) is 13.3. The van der Waals surface area contributed by atoms with E-state index < -0.39 is 0 Å². The summed E-state index contributed by atoms with van der Waals surface area (Å²) >= 11 is 1.66. The van der Waals surface area contributed by atoms with Crippen LogP contribution in [0.3, 0.4) is 0 Å². The molecule has 4 fully saturated rings. The van der Waals surface area contributed by atoms with Crippen LogP contribution in [0.5, 0.6) is 0 Å². The first-order chi connectivity index (χ1) is 5.86. The molecule has 0 aliphatic heterocycles. The summed E-state index contributed by atoms with van der Waals surface area (Å²) in [4.78, 5) is 0. The topological polar surface area (TPSA) is 0 Å². The van der Waals surface area contributed by atoms with Gasteiger partial charge in [-0.3, -0.25) is 0 Å². The fourth-order valence-corrected chi connectivity index (χ4v) is 4.99. The zero-order chi connectivity index (χ0) is 8.13. The highest BCUT2D eigenvalue weighted by atomic mass is 32.2. The van der Waals surface area contributed by atoms with Crippen molar-refractivity contribution in [3.8, 4) is 0 Å². The maximum Gasteiger partial charge on any atom is -0.0217 e. The summed E-state index contributed by atoms with van der Waals surface area (Å²) in [6.45, 7) is 0. The van der Waals surface area contributed by atoms with E-state index in [2.05, 4.69) is 0 Å². The maximum atomic E-state index is 5.77. The van der Waals surface area contributed by atoms with Crippen LogP contribution in [0.4, 0.5) is 0 Å². The zero-order valence-electron chi connectivity index (χ0n) is 7.41. The molecule has 0 N–H and O–H groups in total. The summed E-state index contributed by atoms with van der Waals surface area (Å²) in [5, 5.41) is 0.831. The third-order valence-corrected chi connectivity index (χ3v) is 5.38. The lowest BCUT2D eigenvalue weighted by Crippen LogP contribution is -2.46. The minimum atomic E-state index is 0.831. The highest BCUT2D eigenvalue weighted by Gasteiger charge is 2.46. The molecule has 4 aliphatic rings. The molecule has 12 heavy (non-hydrogen) atoms. The average molecular weight is 180 g/mol.